The molecule has 0 aliphatic carbocycles. The van der Waals surface area contributed by atoms with Crippen LogP contribution < -0.4 is 10.5 Å². The summed E-state index contributed by atoms with van der Waals surface area (Å²) in [6.07, 6.45) is 0.574. The van der Waals surface area contributed by atoms with Gasteiger partial charge in [0.15, 0.2) is 0 Å². The Morgan fingerprint density at radius 2 is 1.79 bits per heavy atom. The SMILES string of the molecule is CCN(CC)S(=O)(=O)NCCC(N)c1ccccc1. The predicted molar refractivity (Wildman–Crippen MR) is 77.8 cm³/mol. The van der Waals surface area contributed by atoms with Gasteiger partial charge in [0.2, 0.25) is 0 Å². The molecule has 0 radical (unpaired) electrons. The Hall–Kier alpha value is -0.950. The summed E-state index contributed by atoms with van der Waals surface area (Å²) >= 11 is 0. The molecule has 0 aliphatic heterocycles. The van der Waals surface area contributed by atoms with E-state index in [0.29, 0.717) is 26.1 Å². The lowest BCUT2D eigenvalue weighted by Gasteiger charge is -2.19. The molecule has 0 heterocycles. The van der Waals surface area contributed by atoms with E-state index in [1.54, 1.807) is 0 Å². The summed E-state index contributed by atoms with van der Waals surface area (Å²) < 4.78 is 27.7. The highest BCUT2D eigenvalue weighted by molar-refractivity contribution is 7.87. The lowest BCUT2D eigenvalue weighted by atomic mass is 10.1. The van der Waals surface area contributed by atoms with Crippen LogP contribution in [0.15, 0.2) is 30.3 Å². The van der Waals surface area contributed by atoms with Gasteiger partial charge in [0.1, 0.15) is 0 Å². The molecule has 108 valence electrons. The van der Waals surface area contributed by atoms with E-state index in [2.05, 4.69) is 4.72 Å². The van der Waals surface area contributed by atoms with Gasteiger partial charge in [0.25, 0.3) is 10.2 Å². The minimum Gasteiger partial charge on any atom is -0.324 e. The number of rotatable bonds is 8. The predicted octanol–water partition coefficient (Wildman–Crippen LogP) is 1.25. The van der Waals surface area contributed by atoms with E-state index in [0.717, 1.165) is 5.56 Å². The summed E-state index contributed by atoms with van der Waals surface area (Å²) in [5.74, 6) is 0. The Kier molecular flexibility index (Phi) is 6.44. The van der Waals surface area contributed by atoms with E-state index in [1.165, 1.54) is 4.31 Å². The average Bonchev–Trinajstić information content (AvgIpc) is 2.40. The van der Waals surface area contributed by atoms with Crippen molar-refractivity contribution in [3.05, 3.63) is 35.9 Å². The Balaban J connectivity index is 2.46. The molecule has 1 aromatic rings. The van der Waals surface area contributed by atoms with Gasteiger partial charge in [0, 0.05) is 25.7 Å². The molecule has 5 nitrogen and oxygen atoms in total. The molecule has 1 rings (SSSR count). The number of nitrogens with one attached hydrogen (secondary N) is 1. The minimum atomic E-state index is -3.37. The van der Waals surface area contributed by atoms with Crippen molar-refractivity contribution in [1.82, 2.24) is 9.03 Å². The van der Waals surface area contributed by atoms with Crippen LogP contribution >= 0.6 is 0 Å². The minimum absolute atomic E-state index is 0.152. The van der Waals surface area contributed by atoms with Crippen LogP contribution in [0.25, 0.3) is 0 Å². The molecule has 0 aliphatic rings. The Morgan fingerprint density at radius 1 is 1.21 bits per heavy atom. The smallest absolute Gasteiger partial charge is 0.279 e. The first-order valence-electron chi connectivity index (χ1n) is 6.56. The van der Waals surface area contributed by atoms with Gasteiger partial charge in [0.05, 0.1) is 0 Å². The highest BCUT2D eigenvalue weighted by atomic mass is 32.2. The molecule has 3 N–H and O–H groups in total. The zero-order chi connectivity index (χ0) is 14.3. The number of nitrogens with zero attached hydrogens (tertiary/aromatic N) is 1. The molecule has 1 aromatic carbocycles. The molecule has 1 atom stereocenters. The summed E-state index contributed by atoms with van der Waals surface area (Å²) in [7, 11) is -3.37. The summed E-state index contributed by atoms with van der Waals surface area (Å²) in [4.78, 5) is 0. The molecular weight excluding hydrogens is 262 g/mol. The van der Waals surface area contributed by atoms with Gasteiger partial charge in [-0.15, -0.1) is 0 Å². The van der Waals surface area contributed by atoms with Crippen LogP contribution in [0, 0.1) is 0 Å². The van der Waals surface area contributed by atoms with E-state index >= 15 is 0 Å². The molecule has 0 bridgehead atoms. The fourth-order valence-corrected chi connectivity index (χ4v) is 3.10. The monoisotopic (exact) mass is 285 g/mol. The van der Waals surface area contributed by atoms with Crippen molar-refractivity contribution in [1.29, 1.82) is 0 Å². The maximum atomic E-state index is 11.9. The standard InChI is InChI=1S/C13H23N3O2S/c1-3-16(4-2)19(17,18)15-11-10-13(14)12-8-6-5-7-9-12/h5-9,13,15H,3-4,10-11,14H2,1-2H3. The lowest BCUT2D eigenvalue weighted by molar-refractivity contribution is 0.433. The highest BCUT2D eigenvalue weighted by Crippen LogP contribution is 2.12. The quantitative estimate of drug-likeness (QED) is 0.755. The zero-order valence-electron chi connectivity index (χ0n) is 11.5. The third kappa shape index (κ3) is 4.91. The van der Waals surface area contributed by atoms with Crippen LogP contribution in [0.3, 0.4) is 0 Å². The fraction of sp³-hybridized carbons (Fsp3) is 0.538. The van der Waals surface area contributed by atoms with Gasteiger partial charge in [-0.25, -0.2) is 4.72 Å². The zero-order valence-corrected chi connectivity index (χ0v) is 12.4. The molecule has 0 amide bonds. The van der Waals surface area contributed by atoms with E-state index < -0.39 is 10.2 Å². The van der Waals surface area contributed by atoms with Crippen LogP contribution in [0.2, 0.25) is 0 Å². The van der Waals surface area contributed by atoms with E-state index in [1.807, 2.05) is 44.2 Å². The van der Waals surface area contributed by atoms with E-state index in [-0.39, 0.29) is 6.04 Å². The van der Waals surface area contributed by atoms with Gasteiger partial charge in [-0.1, -0.05) is 44.2 Å². The first-order chi connectivity index (χ1) is 9.01. The first-order valence-corrected chi connectivity index (χ1v) is 8.00. The normalized spacial score (nSPS) is 13.7. The van der Waals surface area contributed by atoms with Gasteiger partial charge in [-0.05, 0) is 12.0 Å². The molecular formula is C13H23N3O2S. The molecule has 6 heteroatoms. The maximum absolute atomic E-state index is 11.9. The topological polar surface area (TPSA) is 75.4 Å². The molecule has 0 saturated heterocycles. The Bertz CT molecular complexity index is 458. The van der Waals surface area contributed by atoms with Crippen molar-refractivity contribution in [2.45, 2.75) is 26.3 Å². The Labute approximate surface area is 116 Å². The second-order valence-electron chi connectivity index (χ2n) is 4.29. The molecule has 0 fully saturated rings. The van der Waals surface area contributed by atoms with Crippen molar-refractivity contribution >= 4 is 10.2 Å². The van der Waals surface area contributed by atoms with E-state index in [9.17, 15) is 8.42 Å². The number of benzene rings is 1. The first kappa shape index (κ1) is 16.1. The lowest BCUT2D eigenvalue weighted by Crippen LogP contribution is -2.41. The average molecular weight is 285 g/mol. The van der Waals surface area contributed by atoms with Crippen LogP contribution in [0.5, 0.6) is 0 Å². The molecule has 0 aromatic heterocycles. The summed E-state index contributed by atoms with van der Waals surface area (Å²) in [5, 5.41) is 0. The summed E-state index contributed by atoms with van der Waals surface area (Å²) in [6.45, 7) is 4.92. The van der Waals surface area contributed by atoms with Gasteiger partial charge >= 0.3 is 0 Å². The summed E-state index contributed by atoms with van der Waals surface area (Å²) in [6, 6.07) is 9.53. The van der Waals surface area contributed by atoms with Gasteiger partial charge < -0.3 is 5.73 Å². The summed E-state index contributed by atoms with van der Waals surface area (Å²) in [5.41, 5.74) is 7.04. The van der Waals surface area contributed by atoms with Crippen molar-refractivity contribution in [2.24, 2.45) is 5.73 Å². The number of nitrogens with two attached hydrogens (primary N) is 1. The number of hydrogen-bond donors (Lipinski definition) is 2. The van der Waals surface area contributed by atoms with Crippen LogP contribution in [0.1, 0.15) is 31.9 Å². The van der Waals surface area contributed by atoms with Gasteiger partial charge in [-0.3, -0.25) is 0 Å². The fourth-order valence-electron chi connectivity index (χ4n) is 1.87. The van der Waals surface area contributed by atoms with Crippen molar-refractivity contribution in [2.75, 3.05) is 19.6 Å². The molecule has 0 spiro atoms. The Morgan fingerprint density at radius 3 is 2.32 bits per heavy atom. The van der Waals surface area contributed by atoms with E-state index in [4.69, 9.17) is 5.73 Å². The van der Waals surface area contributed by atoms with Gasteiger partial charge in [-0.2, -0.15) is 12.7 Å². The molecule has 0 saturated carbocycles. The molecule has 1 unspecified atom stereocenters. The third-order valence-electron chi connectivity index (χ3n) is 3.01. The second kappa shape index (κ2) is 7.59. The largest absolute Gasteiger partial charge is 0.324 e. The van der Waals surface area contributed by atoms with Crippen molar-refractivity contribution in [3.63, 3.8) is 0 Å². The maximum Gasteiger partial charge on any atom is 0.279 e. The molecule has 19 heavy (non-hydrogen) atoms. The van der Waals surface area contributed by atoms with Crippen LogP contribution in [-0.4, -0.2) is 32.4 Å². The number of hydrogen-bond acceptors (Lipinski definition) is 3. The van der Waals surface area contributed by atoms with Crippen molar-refractivity contribution in [3.8, 4) is 0 Å². The van der Waals surface area contributed by atoms with Crippen molar-refractivity contribution < 1.29 is 8.42 Å². The highest BCUT2D eigenvalue weighted by Gasteiger charge is 2.17. The second-order valence-corrected chi connectivity index (χ2v) is 6.04. The third-order valence-corrected chi connectivity index (χ3v) is 4.78. The van der Waals surface area contributed by atoms with Crippen LogP contribution in [0.4, 0.5) is 0 Å². The van der Waals surface area contributed by atoms with Crippen LogP contribution in [-0.2, 0) is 10.2 Å².